The van der Waals surface area contributed by atoms with E-state index in [2.05, 4.69) is 29.0 Å². The van der Waals surface area contributed by atoms with Gasteiger partial charge in [0.05, 0.1) is 26.4 Å². The van der Waals surface area contributed by atoms with Gasteiger partial charge < -0.3 is 19.9 Å². The Bertz CT molecular complexity index is 652. The van der Waals surface area contributed by atoms with E-state index in [1.54, 1.807) is 32.4 Å². The van der Waals surface area contributed by atoms with Crippen LogP contribution in [0, 0.1) is 0 Å². The number of ether oxygens (including phenoxy) is 2. The molecular formula is C22H37N3O4. The van der Waals surface area contributed by atoms with Crippen LogP contribution in [-0.4, -0.2) is 78.9 Å². The van der Waals surface area contributed by atoms with Crippen LogP contribution in [-0.2, 0) is 4.79 Å². The second-order valence-electron chi connectivity index (χ2n) is 8.44. The Balaban J connectivity index is 2.05. The van der Waals surface area contributed by atoms with Gasteiger partial charge in [0.15, 0.2) is 0 Å². The highest BCUT2D eigenvalue weighted by Gasteiger charge is 2.35. The number of amides is 1. The summed E-state index contributed by atoms with van der Waals surface area (Å²) < 4.78 is 10.6. The van der Waals surface area contributed by atoms with Crippen LogP contribution in [0.4, 0.5) is 5.69 Å². The number of benzene rings is 1. The van der Waals surface area contributed by atoms with Gasteiger partial charge in [-0.3, -0.25) is 14.6 Å². The zero-order valence-corrected chi connectivity index (χ0v) is 18.7. The maximum absolute atomic E-state index is 12.8. The van der Waals surface area contributed by atoms with E-state index in [0.717, 1.165) is 25.9 Å². The van der Waals surface area contributed by atoms with Crippen molar-refractivity contribution < 1.29 is 19.4 Å². The number of piperazine rings is 1. The molecule has 2 N–H and O–H groups in total. The van der Waals surface area contributed by atoms with Gasteiger partial charge in [0.25, 0.3) is 0 Å². The Labute approximate surface area is 175 Å². The second-order valence-corrected chi connectivity index (χ2v) is 8.44. The van der Waals surface area contributed by atoms with E-state index in [1.165, 1.54) is 0 Å². The number of nitrogens with zero attached hydrogens (tertiary/aromatic N) is 2. The van der Waals surface area contributed by atoms with Crippen LogP contribution in [0.1, 0.15) is 40.5 Å². The molecule has 2 rings (SSSR count). The minimum absolute atomic E-state index is 0.0513. The maximum Gasteiger partial charge on any atom is 0.238 e. The number of rotatable bonds is 9. The zero-order chi connectivity index (χ0) is 21.6. The third-order valence-electron chi connectivity index (χ3n) is 5.44. The predicted octanol–water partition coefficient (Wildman–Crippen LogP) is 2.59. The third kappa shape index (κ3) is 6.87. The number of carbonyl (C=O) groups excluding carboxylic acids is 1. The first-order valence-corrected chi connectivity index (χ1v) is 10.4. The van der Waals surface area contributed by atoms with Crippen LogP contribution in [0.5, 0.6) is 11.5 Å². The van der Waals surface area contributed by atoms with E-state index >= 15 is 0 Å². The van der Waals surface area contributed by atoms with Crippen molar-refractivity contribution in [2.75, 3.05) is 45.7 Å². The maximum atomic E-state index is 12.8. The van der Waals surface area contributed by atoms with Gasteiger partial charge in [-0.2, -0.15) is 0 Å². The molecule has 1 aliphatic heterocycles. The lowest BCUT2D eigenvalue weighted by Gasteiger charge is -2.47. The summed E-state index contributed by atoms with van der Waals surface area (Å²) in [4.78, 5) is 17.4. The highest BCUT2D eigenvalue weighted by molar-refractivity contribution is 5.92. The van der Waals surface area contributed by atoms with E-state index in [4.69, 9.17) is 9.47 Å². The summed E-state index contributed by atoms with van der Waals surface area (Å²) >= 11 is 0. The lowest BCUT2D eigenvalue weighted by atomic mass is 9.99. The lowest BCUT2D eigenvalue weighted by molar-refractivity contribution is -0.119. The topological polar surface area (TPSA) is 74.3 Å². The number of anilines is 1. The fourth-order valence-electron chi connectivity index (χ4n) is 3.99. The van der Waals surface area contributed by atoms with Crippen molar-refractivity contribution in [1.82, 2.24) is 9.80 Å². The predicted molar refractivity (Wildman–Crippen MR) is 116 cm³/mol. The highest BCUT2D eigenvalue weighted by atomic mass is 16.5. The largest absolute Gasteiger partial charge is 0.497 e. The highest BCUT2D eigenvalue weighted by Crippen LogP contribution is 2.26. The smallest absolute Gasteiger partial charge is 0.238 e. The second kappa shape index (κ2) is 10.3. The Morgan fingerprint density at radius 3 is 2.07 bits per heavy atom. The van der Waals surface area contributed by atoms with Gasteiger partial charge in [-0.05, 0) is 26.7 Å². The number of methoxy groups -OCH3 is 2. The Morgan fingerprint density at radius 2 is 1.59 bits per heavy atom. The number of aliphatic hydroxyl groups is 1. The number of hydrogen-bond donors (Lipinski definition) is 2. The molecule has 0 aliphatic carbocycles. The Kier molecular flexibility index (Phi) is 8.31. The molecule has 1 fully saturated rings. The van der Waals surface area contributed by atoms with E-state index in [-0.39, 0.29) is 11.9 Å². The SMILES string of the molecule is CC[C@@H]1CN(CC(C)(C)O)[C@H](CC)CN1CC(=O)Nc1cc(OC)cc(OC)c1. The molecule has 7 heteroatoms. The van der Waals surface area contributed by atoms with Crippen LogP contribution in [0.3, 0.4) is 0 Å². The first-order valence-electron chi connectivity index (χ1n) is 10.4. The van der Waals surface area contributed by atoms with E-state index in [0.29, 0.717) is 36.3 Å². The molecule has 1 saturated heterocycles. The minimum Gasteiger partial charge on any atom is -0.497 e. The van der Waals surface area contributed by atoms with Gasteiger partial charge in [0.2, 0.25) is 5.91 Å². The van der Waals surface area contributed by atoms with E-state index < -0.39 is 5.60 Å². The van der Waals surface area contributed by atoms with Crippen LogP contribution in [0.15, 0.2) is 18.2 Å². The van der Waals surface area contributed by atoms with Gasteiger partial charge in [-0.1, -0.05) is 13.8 Å². The molecule has 1 aliphatic rings. The molecule has 1 amide bonds. The number of hydrogen-bond acceptors (Lipinski definition) is 6. The van der Waals surface area contributed by atoms with Gasteiger partial charge in [0.1, 0.15) is 11.5 Å². The fourth-order valence-corrected chi connectivity index (χ4v) is 3.99. The molecule has 1 aromatic carbocycles. The van der Waals surface area contributed by atoms with Gasteiger partial charge >= 0.3 is 0 Å². The summed E-state index contributed by atoms with van der Waals surface area (Å²) in [6, 6.07) is 5.96. The molecule has 0 aromatic heterocycles. The average Bonchev–Trinajstić information content (AvgIpc) is 2.67. The summed E-state index contributed by atoms with van der Waals surface area (Å²) in [6.07, 6.45) is 1.94. The zero-order valence-electron chi connectivity index (χ0n) is 18.7. The molecule has 2 atom stereocenters. The minimum atomic E-state index is -0.726. The Morgan fingerprint density at radius 1 is 1.07 bits per heavy atom. The molecule has 0 spiro atoms. The van der Waals surface area contributed by atoms with Crippen LogP contribution < -0.4 is 14.8 Å². The molecule has 0 radical (unpaired) electrons. The molecule has 29 heavy (non-hydrogen) atoms. The van der Waals surface area contributed by atoms with Crippen molar-refractivity contribution >= 4 is 11.6 Å². The third-order valence-corrected chi connectivity index (χ3v) is 5.44. The molecule has 0 unspecified atom stereocenters. The van der Waals surface area contributed by atoms with Crippen LogP contribution >= 0.6 is 0 Å². The molecule has 164 valence electrons. The van der Waals surface area contributed by atoms with E-state index in [9.17, 15) is 9.90 Å². The molecule has 1 aromatic rings. The first kappa shape index (κ1) is 23.4. The summed E-state index contributed by atoms with van der Waals surface area (Å²) in [5.74, 6) is 1.22. The summed E-state index contributed by atoms with van der Waals surface area (Å²) in [5, 5.41) is 13.2. The van der Waals surface area contributed by atoms with Gasteiger partial charge in [-0.15, -0.1) is 0 Å². The first-order chi connectivity index (χ1) is 13.7. The van der Waals surface area contributed by atoms with Gasteiger partial charge in [0, 0.05) is 55.6 Å². The number of nitrogens with one attached hydrogen (secondary N) is 1. The quantitative estimate of drug-likeness (QED) is 0.655. The molecule has 7 nitrogen and oxygen atoms in total. The Hall–Kier alpha value is -1.83. The average molecular weight is 408 g/mol. The lowest BCUT2D eigenvalue weighted by Crippen LogP contribution is -2.61. The molecule has 0 bridgehead atoms. The fraction of sp³-hybridized carbons (Fsp3) is 0.682. The number of β-amino-alcohol motifs (C(OH)–C–C–N with tert-alkyl or cyclic N) is 1. The van der Waals surface area contributed by atoms with Crippen molar-refractivity contribution in [1.29, 1.82) is 0 Å². The summed E-state index contributed by atoms with van der Waals surface area (Å²) in [6.45, 7) is 10.7. The van der Waals surface area contributed by atoms with Crippen molar-refractivity contribution in [3.8, 4) is 11.5 Å². The monoisotopic (exact) mass is 407 g/mol. The van der Waals surface area contributed by atoms with Crippen molar-refractivity contribution in [2.45, 2.75) is 58.2 Å². The summed E-state index contributed by atoms with van der Waals surface area (Å²) in [5.41, 5.74) is -0.0663. The molecular weight excluding hydrogens is 370 g/mol. The molecule has 0 saturated carbocycles. The molecule has 1 heterocycles. The van der Waals surface area contributed by atoms with Gasteiger partial charge in [-0.25, -0.2) is 0 Å². The van der Waals surface area contributed by atoms with Crippen molar-refractivity contribution in [3.63, 3.8) is 0 Å². The van der Waals surface area contributed by atoms with Crippen LogP contribution in [0.2, 0.25) is 0 Å². The number of carbonyl (C=O) groups is 1. The normalized spacial score (nSPS) is 21.1. The van der Waals surface area contributed by atoms with Crippen LogP contribution in [0.25, 0.3) is 0 Å². The van der Waals surface area contributed by atoms with Crippen molar-refractivity contribution in [3.05, 3.63) is 18.2 Å². The van der Waals surface area contributed by atoms with E-state index in [1.807, 2.05) is 13.8 Å². The van der Waals surface area contributed by atoms with Crippen molar-refractivity contribution in [2.24, 2.45) is 0 Å². The standard InChI is InChI=1S/C22H37N3O4/c1-7-17-13-25(15-22(3,4)27)18(8-2)12-24(17)14-21(26)23-16-9-19(28-5)11-20(10-16)29-6/h9-11,17-18,27H,7-8,12-15H2,1-6H3,(H,23,26)/t17-,18-/m1/s1. The summed E-state index contributed by atoms with van der Waals surface area (Å²) in [7, 11) is 3.18.